The topological polar surface area (TPSA) is 109 Å². The summed E-state index contributed by atoms with van der Waals surface area (Å²) >= 11 is 1.32. The fourth-order valence-corrected chi connectivity index (χ4v) is 5.39. The van der Waals surface area contributed by atoms with Crippen molar-refractivity contribution in [1.29, 1.82) is 0 Å². The van der Waals surface area contributed by atoms with Crippen LogP contribution < -0.4 is 11.1 Å². The molecule has 0 aliphatic heterocycles. The minimum atomic E-state index is -0.939. The molecule has 25 heavy (non-hydrogen) atoms. The molecule has 7 heteroatoms. The summed E-state index contributed by atoms with van der Waals surface area (Å²) in [7, 11) is 0. The van der Waals surface area contributed by atoms with Gasteiger partial charge in [0, 0.05) is 4.88 Å². The molecule has 6 nitrogen and oxygen atoms in total. The Kier molecular flexibility index (Phi) is 4.69. The lowest BCUT2D eigenvalue weighted by Crippen LogP contribution is -2.47. The number of primary amides is 1. The molecule has 3 aliphatic rings. The highest BCUT2D eigenvalue weighted by atomic mass is 32.1. The second-order valence-corrected chi connectivity index (χ2v) is 7.95. The van der Waals surface area contributed by atoms with Gasteiger partial charge in [0.05, 0.1) is 17.4 Å². The molecule has 0 radical (unpaired) electrons. The third kappa shape index (κ3) is 2.97. The second-order valence-electron chi connectivity index (χ2n) is 6.73. The predicted molar refractivity (Wildman–Crippen MR) is 95.6 cm³/mol. The number of carboxylic acids is 1. The quantitative estimate of drug-likeness (QED) is 0.699. The van der Waals surface area contributed by atoms with Gasteiger partial charge in [-0.2, -0.15) is 0 Å². The van der Waals surface area contributed by atoms with Gasteiger partial charge in [-0.05, 0) is 43.6 Å². The SMILES string of the molecule is CCc1c(C)sc(NC(=O)C2C3C=CC(CC3)C2C(=O)O)c1C(N)=O. The Morgan fingerprint density at radius 1 is 1.24 bits per heavy atom. The number of thiophene rings is 1. The third-order valence-corrected chi connectivity index (χ3v) is 6.44. The Morgan fingerprint density at radius 3 is 2.32 bits per heavy atom. The Labute approximate surface area is 150 Å². The first-order valence-corrected chi connectivity index (χ1v) is 9.30. The minimum Gasteiger partial charge on any atom is -0.481 e. The van der Waals surface area contributed by atoms with Crippen LogP contribution in [0.4, 0.5) is 5.00 Å². The van der Waals surface area contributed by atoms with Crippen LogP contribution in [-0.2, 0) is 16.0 Å². The zero-order valence-corrected chi connectivity index (χ0v) is 15.1. The van der Waals surface area contributed by atoms with Crippen molar-refractivity contribution < 1.29 is 19.5 Å². The summed E-state index contributed by atoms with van der Waals surface area (Å²) in [6.45, 7) is 3.81. The number of nitrogens with two attached hydrogens (primary N) is 1. The molecule has 0 spiro atoms. The number of aryl methyl sites for hydroxylation is 1. The summed E-state index contributed by atoms with van der Waals surface area (Å²) in [4.78, 5) is 37.4. The molecule has 1 heterocycles. The summed E-state index contributed by atoms with van der Waals surface area (Å²) in [6.07, 6.45) is 6.15. The molecule has 1 aromatic rings. The largest absolute Gasteiger partial charge is 0.481 e. The van der Waals surface area contributed by atoms with Crippen LogP contribution in [0.25, 0.3) is 0 Å². The average Bonchev–Trinajstić information content (AvgIpc) is 2.90. The van der Waals surface area contributed by atoms with Gasteiger partial charge >= 0.3 is 5.97 Å². The van der Waals surface area contributed by atoms with E-state index < -0.39 is 23.7 Å². The Hall–Kier alpha value is -2.15. The lowest BCUT2D eigenvalue weighted by Gasteiger charge is -2.41. The predicted octanol–water partition coefficient (Wildman–Crippen LogP) is 2.57. The van der Waals surface area contributed by atoms with E-state index in [-0.39, 0.29) is 17.7 Å². The summed E-state index contributed by atoms with van der Waals surface area (Å²) in [6, 6.07) is 0. The smallest absolute Gasteiger partial charge is 0.307 e. The first-order valence-electron chi connectivity index (χ1n) is 8.49. The van der Waals surface area contributed by atoms with Crippen molar-refractivity contribution in [3.05, 3.63) is 28.2 Å². The summed E-state index contributed by atoms with van der Waals surface area (Å²) in [5, 5.41) is 12.8. The lowest BCUT2D eigenvalue weighted by molar-refractivity contribution is -0.151. The van der Waals surface area contributed by atoms with Crippen LogP contribution >= 0.6 is 11.3 Å². The molecular formula is C18H22N2O4S. The van der Waals surface area contributed by atoms with Gasteiger partial charge in [0.1, 0.15) is 5.00 Å². The van der Waals surface area contributed by atoms with Crippen LogP contribution in [0.2, 0.25) is 0 Å². The second kappa shape index (κ2) is 6.63. The number of aliphatic carboxylic acids is 1. The molecule has 134 valence electrons. The summed E-state index contributed by atoms with van der Waals surface area (Å²) < 4.78 is 0. The van der Waals surface area contributed by atoms with Crippen LogP contribution in [-0.4, -0.2) is 22.9 Å². The van der Waals surface area contributed by atoms with Gasteiger partial charge in [-0.25, -0.2) is 0 Å². The highest BCUT2D eigenvalue weighted by Gasteiger charge is 2.48. The van der Waals surface area contributed by atoms with Gasteiger partial charge in [0.2, 0.25) is 5.91 Å². The number of carbonyl (C=O) groups excluding carboxylic acids is 2. The van der Waals surface area contributed by atoms with Crippen LogP contribution in [0, 0.1) is 30.6 Å². The molecule has 1 fully saturated rings. The number of amides is 2. The van der Waals surface area contributed by atoms with Gasteiger partial charge in [-0.1, -0.05) is 19.1 Å². The van der Waals surface area contributed by atoms with E-state index in [1.165, 1.54) is 11.3 Å². The molecule has 0 aromatic carbocycles. The monoisotopic (exact) mass is 362 g/mol. The molecule has 4 N–H and O–H groups in total. The number of hydrogen-bond donors (Lipinski definition) is 3. The van der Waals surface area contributed by atoms with E-state index >= 15 is 0 Å². The molecular weight excluding hydrogens is 340 g/mol. The van der Waals surface area contributed by atoms with Crippen molar-refractivity contribution in [3.8, 4) is 0 Å². The van der Waals surface area contributed by atoms with Crippen molar-refractivity contribution in [1.82, 2.24) is 0 Å². The van der Waals surface area contributed by atoms with E-state index in [1.54, 1.807) is 0 Å². The number of hydrogen-bond acceptors (Lipinski definition) is 4. The molecule has 1 aromatic heterocycles. The summed E-state index contributed by atoms with van der Waals surface area (Å²) in [5.74, 6) is -3.36. The van der Waals surface area contributed by atoms with Crippen molar-refractivity contribution in [2.24, 2.45) is 29.4 Å². The van der Waals surface area contributed by atoms with E-state index in [2.05, 4.69) is 5.32 Å². The van der Waals surface area contributed by atoms with Gasteiger partial charge in [0.15, 0.2) is 0 Å². The molecule has 3 aliphatic carbocycles. The number of carbonyl (C=O) groups is 3. The summed E-state index contributed by atoms with van der Waals surface area (Å²) in [5.41, 5.74) is 6.69. The Morgan fingerprint density at radius 2 is 1.84 bits per heavy atom. The maximum atomic E-state index is 12.9. The molecule has 4 atom stereocenters. The molecule has 1 saturated carbocycles. The Bertz CT molecular complexity index is 767. The number of carboxylic acid groups (broad SMARTS) is 1. The number of rotatable bonds is 5. The number of fused-ring (bicyclic) bond motifs is 2. The van der Waals surface area contributed by atoms with Crippen LogP contribution in [0.5, 0.6) is 0 Å². The van der Waals surface area contributed by atoms with E-state index in [1.807, 2.05) is 26.0 Å². The maximum Gasteiger partial charge on any atom is 0.307 e. The number of anilines is 1. The van der Waals surface area contributed by atoms with E-state index in [9.17, 15) is 19.5 Å². The van der Waals surface area contributed by atoms with Crippen molar-refractivity contribution in [2.75, 3.05) is 5.32 Å². The highest BCUT2D eigenvalue weighted by Crippen LogP contribution is 2.46. The zero-order chi connectivity index (χ0) is 18.3. The maximum absolute atomic E-state index is 12.9. The standard InChI is InChI=1S/C18H22N2O4S/c1-3-11-8(2)25-17(14(11)15(19)21)20-16(22)12-9-4-6-10(7-5-9)13(12)18(23)24/h4,6,9-10,12-13H,3,5,7H2,1-2H3,(H2,19,21)(H,20,22)(H,23,24). The molecule has 2 bridgehead atoms. The van der Waals surface area contributed by atoms with E-state index in [4.69, 9.17) is 5.73 Å². The van der Waals surface area contributed by atoms with Gasteiger partial charge in [0.25, 0.3) is 5.91 Å². The molecule has 2 amide bonds. The normalized spacial score (nSPS) is 27.3. The van der Waals surface area contributed by atoms with Crippen molar-refractivity contribution in [3.63, 3.8) is 0 Å². The average molecular weight is 362 g/mol. The molecule has 4 rings (SSSR count). The lowest BCUT2D eigenvalue weighted by atomic mass is 9.62. The fraction of sp³-hybridized carbons (Fsp3) is 0.500. The third-order valence-electron chi connectivity index (χ3n) is 5.38. The van der Waals surface area contributed by atoms with Crippen molar-refractivity contribution >= 4 is 34.1 Å². The molecule has 0 saturated heterocycles. The van der Waals surface area contributed by atoms with Gasteiger partial charge in [-0.15, -0.1) is 11.3 Å². The molecule has 4 unspecified atom stereocenters. The highest BCUT2D eigenvalue weighted by molar-refractivity contribution is 7.16. The Balaban J connectivity index is 1.91. The van der Waals surface area contributed by atoms with Crippen molar-refractivity contribution in [2.45, 2.75) is 33.1 Å². The first-order chi connectivity index (χ1) is 11.8. The van der Waals surface area contributed by atoms with E-state index in [0.29, 0.717) is 17.0 Å². The zero-order valence-electron chi connectivity index (χ0n) is 14.2. The van der Waals surface area contributed by atoms with Gasteiger partial charge in [-0.3, -0.25) is 14.4 Å². The van der Waals surface area contributed by atoms with E-state index in [0.717, 1.165) is 23.3 Å². The van der Waals surface area contributed by atoms with Gasteiger partial charge < -0.3 is 16.2 Å². The fourth-order valence-electron chi connectivity index (χ4n) is 4.24. The number of allylic oxidation sites excluding steroid dienone is 2. The number of nitrogens with one attached hydrogen (secondary N) is 1. The van der Waals surface area contributed by atoms with Crippen LogP contribution in [0.1, 0.15) is 40.6 Å². The first kappa shape index (κ1) is 17.7. The minimum absolute atomic E-state index is 0.0742. The van der Waals surface area contributed by atoms with Crippen LogP contribution in [0.15, 0.2) is 12.2 Å². The van der Waals surface area contributed by atoms with Crippen LogP contribution in [0.3, 0.4) is 0 Å².